The minimum absolute atomic E-state index is 0.0183. The number of rotatable bonds is 11. The number of carbonyl (C=O) groups is 2. The van der Waals surface area contributed by atoms with Crippen LogP contribution in [0.4, 0.5) is 0 Å². The summed E-state index contributed by atoms with van der Waals surface area (Å²) in [7, 11) is 0. The van der Waals surface area contributed by atoms with Crippen molar-refractivity contribution >= 4 is 23.5 Å². The second-order valence-electron chi connectivity index (χ2n) is 6.99. The summed E-state index contributed by atoms with van der Waals surface area (Å²) >= 11 is 5.98. The monoisotopic (exact) mass is 409 g/mol. The molecule has 1 amide bonds. The molecule has 0 radical (unpaired) electrons. The zero-order valence-electron chi connectivity index (χ0n) is 15.9. The van der Waals surface area contributed by atoms with Crippen molar-refractivity contribution in [1.82, 2.24) is 4.90 Å². The molecule has 0 spiro atoms. The van der Waals surface area contributed by atoms with Gasteiger partial charge in [-0.1, -0.05) is 35.9 Å². The summed E-state index contributed by atoms with van der Waals surface area (Å²) in [5, 5.41) is 19.5. The van der Waals surface area contributed by atoms with Crippen LogP contribution in [0, 0.1) is 0 Å². The number of nitrogens with zero attached hydrogens (tertiary/aromatic N) is 1. The van der Waals surface area contributed by atoms with Crippen molar-refractivity contribution in [3.8, 4) is 0 Å². The molecule has 2 rings (SSSR count). The Morgan fingerprint density at radius 3 is 2.96 bits per heavy atom. The lowest BCUT2D eigenvalue weighted by Gasteiger charge is -2.34. The summed E-state index contributed by atoms with van der Waals surface area (Å²) < 4.78 is 5.02. The van der Waals surface area contributed by atoms with Gasteiger partial charge in [0, 0.05) is 31.0 Å². The van der Waals surface area contributed by atoms with Crippen LogP contribution in [0.1, 0.15) is 37.7 Å². The first kappa shape index (κ1) is 22.4. The number of benzene rings is 1. The highest BCUT2D eigenvalue weighted by Crippen LogP contribution is 2.20. The highest BCUT2D eigenvalue weighted by molar-refractivity contribution is 6.30. The maximum absolute atomic E-state index is 12.3. The topological polar surface area (TPSA) is 87.1 Å². The van der Waals surface area contributed by atoms with Gasteiger partial charge in [0.05, 0.1) is 12.1 Å². The standard InChI is InChI=1S/C21H28ClNO5/c22-17-6-3-5-16(13-17)14-19(24)10-9-18-7-4-8-20(25)23(18)11-1-2-12-28-15-21(26)27/h3,5-6,9-10,13,18-19,24H,1-2,4,7-8,11-12,14-15H2,(H,26,27)/b10-9+/t18?,19-/m0/s1. The van der Waals surface area contributed by atoms with E-state index in [-0.39, 0.29) is 18.6 Å². The van der Waals surface area contributed by atoms with Crippen molar-refractivity contribution < 1.29 is 24.5 Å². The van der Waals surface area contributed by atoms with Crippen molar-refractivity contribution in [2.24, 2.45) is 0 Å². The molecule has 1 aromatic rings. The zero-order chi connectivity index (χ0) is 20.4. The first-order valence-corrected chi connectivity index (χ1v) is 10.0. The van der Waals surface area contributed by atoms with E-state index in [0.717, 1.165) is 24.8 Å². The summed E-state index contributed by atoms with van der Waals surface area (Å²) in [6.07, 6.45) is 7.23. The Kier molecular flexibility index (Phi) is 9.47. The van der Waals surface area contributed by atoms with E-state index >= 15 is 0 Å². The Bertz CT molecular complexity index is 679. The van der Waals surface area contributed by atoms with Crippen LogP contribution in [-0.4, -0.2) is 58.9 Å². The molecule has 1 heterocycles. The van der Waals surface area contributed by atoms with Crippen LogP contribution in [0.25, 0.3) is 0 Å². The third-order valence-electron chi connectivity index (χ3n) is 4.66. The van der Waals surface area contributed by atoms with E-state index in [9.17, 15) is 14.7 Å². The Hall–Kier alpha value is -1.89. The second kappa shape index (κ2) is 11.8. The fourth-order valence-corrected chi connectivity index (χ4v) is 3.53. The minimum Gasteiger partial charge on any atom is -0.480 e. The van der Waals surface area contributed by atoms with E-state index in [1.807, 2.05) is 29.2 Å². The quantitative estimate of drug-likeness (QED) is 0.433. The SMILES string of the molecule is O=C(O)COCCCCN1C(=O)CCCC1/C=C/[C@H](O)Cc1cccc(Cl)c1. The molecule has 2 atom stereocenters. The molecule has 0 aliphatic carbocycles. The number of likely N-dealkylation sites (tertiary alicyclic amines) is 1. The normalized spacial score (nSPS) is 18.6. The van der Waals surface area contributed by atoms with Gasteiger partial charge in [-0.15, -0.1) is 0 Å². The number of halogens is 1. The largest absolute Gasteiger partial charge is 0.480 e. The van der Waals surface area contributed by atoms with Gasteiger partial charge in [0.2, 0.25) is 5.91 Å². The molecular weight excluding hydrogens is 382 g/mol. The summed E-state index contributed by atoms with van der Waals surface area (Å²) in [6, 6.07) is 7.39. The minimum atomic E-state index is -0.979. The van der Waals surface area contributed by atoms with E-state index in [0.29, 0.717) is 37.4 Å². The maximum Gasteiger partial charge on any atom is 0.329 e. The number of amides is 1. The predicted molar refractivity (Wildman–Crippen MR) is 107 cm³/mol. The van der Waals surface area contributed by atoms with Gasteiger partial charge in [-0.05, 0) is 43.4 Å². The zero-order valence-corrected chi connectivity index (χ0v) is 16.7. The fraction of sp³-hybridized carbons (Fsp3) is 0.524. The number of carboxylic acid groups (broad SMARTS) is 1. The number of piperidine rings is 1. The van der Waals surface area contributed by atoms with Gasteiger partial charge in [0.1, 0.15) is 6.61 Å². The van der Waals surface area contributed by atoms with Gasteiger partial charge < -0.3 is 19.8 Å². The van der Waals surface area contributed by atoms with Gasteiger partial charge in [0.15, 0.2) is 0 Å². The van der Waals surface area contributed by atoms with Crippen LogP contribution in [0.5, 0.6) is 0 Å². The smallest absolute Gasteiger partial charge is 0.329 e. The molecule has 28 heavy (non-hydrogen) atoms. The lowest BCUT2D eigenvalue weighted by atomic mass is 9.99. The number of aliphatic hydroxyl groups excluding tert-OH is 1. The fourth-order valence-electron chi connectivity index (χ4n) is 3.31. The van der Waals surface area contributed by atoms with Gasteiger partial charge in [-0.2, -0.15) is 0 Å². The number of ether oxygens (including phenoxy) is 1. The third-order valence-corrected chi connectivity index (χ3v) is 4.90. The Morgan fingerprint density at radius 2 is 2.21 bits per heavy atom. The second-order valence-corrected chi connectivity index (χ2v) is 7.42. The van der Waals surface area contributed by atoms with E-state index < -0.39 is 12.1 Å². The van der Waals surface area contributed by atoms with Crippen LogP contribution in [-0.2, 0) is 20.7 Å². The third kappa shape index (κ3) is 8.00. The number of unbranched alkanes of at least 4 members (excludes halogenated alkanes) is 1. The number of aliphatic carboxylic acids is 1. The Balaban J connectivity index is 1.82. The van der Waals surface area contributed by atoms with Gasteiger partial charge in [-0.3, -0.25) is 4.79 Å². The first-order valence-electron chi connectivity index (χ1n) is 9.65. The van der Waals surface area contributed by atoms with Crippen molar-refractivity contribution in [3.63, 3.8) is 0 Å². The number of carboxylic acids is 1. The average molecular weight is 410 g/mol. The predicted octanol–water partition coefficient (Wildman–Crippen LogP) is 3.06. The molecule has 1 saturated heterocycles. The lowest BCUT2D eigenvalue weighted by Crippen LogP contribution is -2.43. The van der Waals surface area contributed by atoms with E-state index in [1.54, 1.807) is 12.1 Å². The molecule has 2 N–H and O–H groups in total. The van der Waals surface area contributed by atoms with Crippen molar-refractivity contribution in [3.05, 3.63) is 47.0 Å². The van der Waals surface area contributed by atoms with Crippen LogP contribution in [0.3, 0.4) is 0 Å². The van der Waals surface area contributed by atoms with Crippen molar-refractivity contribution in [1.29, 1.82) is 0 Å². The maximum atomic E-state index is 12.3. The van der Waals surface area contributed by atoms with Crippen LogP contribution < -0.4 is 0 Å². The molecule has 1 aliphatic heterocycles. The summed E-state index contributed by atoms with van der Waals surface area (Å²) in [6.45, 7) is 0.681. The van der Waals surface area contributed by atoms with Crippen molar-refractivity contribution in [2.75, 3.05) is 19.8 Å². The molecule has 0 aromatic heterocycles. The first-order chi connectivity index (χ1) is 13.5. The highest BCUT2D eigenvalue weighted by atomic mass is 35.5. The lowest BCUT2D eigenvalue weighted by molar-refractivity contribution is -0.142. The van der Waals surface area contributed by atoms with E-state index in [2.05, 4.69) is 0 Å². The molecule has 7 heteroatoms. The number of carbonyl (C=O) groups excluding carboxylic acids is 1. The van der Waals surface area contributed by atoms with Crippen LogP contribution >= 0.6 is 11.6 Å². The Morgan fingerprint density at radius 1 is 1.39 bits per heavy atom. The molecule has 1 aromatic carbocycles. The highest BCUT2D eigenvalue weighted by Gasteiger charge is 2.25. The molecule has 0 saturated carbocycles. The number of aliphatic hydroxyl groups is 1. The van der Waals surface area contributed by atoms with Crippen LogP contribution in [0.2, 0.25) is 5.02 Å². The van der Waals surface area contributed by atoms with Crippen molar-refractivity contribution in [2.45, 2.75) is 50.7 Å². The van der Waals surface area contributed by atoms with Gasteiger partial charge in [-0.25, -0.2) is 4.79 Å². The number of hydrogen-bond acceptors (Lipinski definition) is 4. The molecular formula is C21H28ClNO5. The van der Waals surface area contributed by atoms with E-state index in [1.165, 1.54) is 0 Å². The molecule has 1 aliphatic rings. The van der Waals surface area contributed by atoms with E-state index in [4.69, 9.17) is 21.4 Å². The molecule has 154 valence electrons. The Labute approximate surface area is 170 Å². The summed E-state index contributed by atoms with van der Waals surface area (Å²) in [4.78, 5) is 24.6. The summed E-state index contributed by atoms with van der Waals surface area (Å²) in [5.74, 6) is -0.857. The van der Waals surface area contributed by atoms with Crippen LogP contribution in [0.15, 0.2) is 36.4 Å². The number of hydrogen-bond donors (Lipinski definition) is 2. The molecule has 0 bridgehead atoms. The van der Waals surface area contributed by atoms with Gasteiger partial charge in [0.25, 0.3) is 0 Å². The molecule has 1 unspecified atom stereocenters. The average Bonchev–Trinajstić information content (AvgIpc) is 2.64. The molecule has 6 nitrogen and oxygen atoms in total. The van der Waals surface area contributed by atoms with Gasteiger partial charge >= 0.3 is 5.97 Å². The summed E-state index contributed by atoms with van der Waals surface area (Å²) in [5.41, 5.74) is 0.961. The molecule has 1 fully saturated rings.